The van der Waals surface area contributed by atoms with Gasteiger partial charge in [0, 0.05) is 13.1 Å². The minimum Gasteiger partial charge on any atom is -0.384 e. The molecule has 1 aliphatic rings. The third kappa shape index (κ3) is 3.00. The molecule has 2 rings (SSSR count). The molecule has 1 fully saturated rings. The van der Waals surface area contributed by atoms with Crippen molar-refractivity contribution in [2.75, 3.05) is 19.7 Å². The molecule has 1 saturated heterocycles. The molecule has 20 heavy (non-hydrogen) atoms. The fourth-order valence-electron chi connectivity index (χ4n) is 2.15. The van der Waals surface area contributed by atoms with E-state index in [1.807, 2.05) is 6.92 Å². The number of carbonyl (C=O) groups is 2. The predicted octanol–water partition coefficient (Wildman–Crippen LogP) is 0.442. The molecule has 2 amide bonds. The summed E-state index contributed by atoms with van der Waals surface area (Å²) >= 11 is 1.28. The summed E-state index contributed by atoms with van der Waals surface area (Å²) in [6, 6.07) is 3.07. The van der Waals surface area contributed by atoms with Crippen LogP contribution in [0.2, 0.25) is 0 Å². The van der Waals surface area contributed by atoms with Crippen LogP contribution in [-0.4, -0.2) is 47.6 Å². The van der Waals surface area contributed by atoms with Gasteiger partial charge in [-0.15, -0.1) is 11.3 Å². The van der Waals surface area contributed by atoms with Gasteiger partial charge in [-0.2, -0.15) is 0 Å². The lowest BCUT2D eigenvalue weighted by atomic mass is 10.1. The molecule has 0 spiro atoms. The van der Waals surface area contributed by atoms with Crippen LogP contribution in [0.15, 0.2) is 12.1 Å². The Morgan fingerprint density at radius 3 is 3.10 bits per heavy atom. The standard InChI is InChI=1S/C14H16N2O3S/c1-2-11-13(18)15-7-8-16(11)14(19)12-6-5-10(20-12)4-3-9-17/h5-6,11,17H,2,7-9H2,1H3,(H,15,18). The molecule has 5 nitrogen and oxygen atoms in total. The Hall–Kier alpha value is -1.84. The van der Waals surface area contributed by atoms with Crippen molar-refractivity contribution in [1.29, 1.82) is 0 Å². The van der Waals surface area contributed by atoms with Crippen LogP contribution in [0.3, 0.4) is 0 Å². The summed E-state index contributed by atoms with van der Waals surface area (Å²) in [5.41, 5.74) is 0. The Kier molecular flexibility index (Phi) is 4.77. The van der Waals surface area contributed by atoms with Crippen molar-refractivity contribution in [2.24, 2.45) is 0 Å². The van der Waals surface area contributed by atoms with Crippen molar-refractivity contribution in [3.05, 3.63) is 21.9 Å². The van der Waals surface area contributed by atoms with Crippen LogP contribution < -0.4 is 5.32 Å². The Labute approximate surface area is 121 Å². The van der Waals surface area contributed by atoms with Gasteiger partial charge in [0.1, 0.15) is 12.6 Å². The summed E-state index contributed by atoms with van der Waals surface area (Å²) in [5, 5.41) is 11.4. The number of aliphatic hydroxyl groups is 1. The van der Waals surface area contributed by atoms with E-state index in [4.69, 9.17) is 5.11 Å². The van der Waals surface area contributed by atoms with Crippen LogP contribution in [0.1, 0.15) is 27.9 Å². The molecule has 1 unspecified atom stereocenters. The molecule has 1 aromatic rings. The number of carbonyl (C=O) groups excluding carboxylic acids is 2. The quantitative estimate of drug-likeness (QED) is 0.777. The number of piperazine rings is 1. The van der Waals surface area contributed by atoms with E-state index in [0.29, 0.717) is 24.4 Å². The highest BCUT2D eigenvalue weighted by atomic mass is 32.1. The monoisotopic (exact) mass is 292 g/mol. The number of nitrogens with zero attached hydrogens (tertiary/aromatic N) is 1. The Morgan fingerprint density at radius 1 is 1.60 bits per heavy atom. The van der Waals surface area contributed by atoms with E-state index >= 15 is 0 Å². The normalized spacial score (nSPS) is 18.2. The minimum absolute atomic E-state index is 0.0936. The fourth-order valence-corrected chi connectivity index (χ4v) is 2.99. The number of hydrogen-bond donors (Lipinski definition) is 2. The maximum atomic E-state index is 12.5. The van der Waals surface area contributed by atoms with Crippen molar-refractivity contribution in [3.8, 4) is 11.8 Å². The highest BCUT2D eigenvalue weighted by Gasteiger charge is 2.32. The number of hydrogen-bond acceptors (Lipinski definition) is 4. The van der Waals surface area contributed by atoms with Gasteiger partial charge in [-0.05, 0) is 18.6 Å². The minimum atomic E-state index is -0.398. The van der Waals surface area contributed by atoms with Crippen molar-refractivity contribution in [1.82, 2.24) is 10.2 Å². The molecule has 2 heterocycles. The maximum absolute atomic E-state index is 12.5. The van der Waals surface area contributed by atoms with Gasteiger partial charge in [-0.1, -0.05) is 18.8 Å². The fraction of sp³-hybridized carbons (Fsp3) is 0.429. The lowest BCUT2D eigenvalue weighted by molar-refractivity contribution is -0.127. The van der Waals surface area contributed by atoms with Gasteiger partial charge in [0.05, 0.1) is 9.75 Å². The number of amides is 2. The van der Waals surface area contributed by atoms with E-state index < -0.39 is 6.04 Å². The Morgan fingerprint density at radius 2 is 2.40 bits per heavy atom. The Bertz CT molecular complexity index is 570. The average molecular weight is 292 g/mol. The molecule has 1 aliphatic heterocycles. The molecule has 0 radical (unpaired) electrons. The summed E-state index contributed by atoms with van der Waals surface area (Å²) in [7, 11) is 0. The van der Waals surface area contributed by atoms with E-state index in [1.165, 1.54) is 11.3 Å². The van der Waals surface area contributed by atoms with E-state index in [2.05, 4.69) is 17.2 Å². The first kappa shape index (κ1) is 14.6. The third-order valence-corrected chi connectivity index (χ3v) is 4.07. The molecule has 0 saturated carbocycles. The van der Waals surface area contributed by atoms with Crippen LogP contribution in [0.25, 0.3) is 0 Å². The first-order chi connectivity index (χ1) is 9.67. The smallest absolute Gasteiger partial charge is 0.264 e. The van der Waals surface area contributed by atoms with Gasteiger partial charge in [0.25, 0.3) is 5.91 Å². The van der Waals surface area contributed by atoms with Crippen molar-refractivity contribution < 1.29 is 14.7 Å². The van der Waals surface area contributed by atoms with Crippen molar-refractivity contribution in [2.45, 2.75) is 19.4 Å². The first-order valence-corrected chi connectivity index (χ1v) is 7.27. The third-order valence-electron chi connectivity index (χ3n) is 3.09. The molecule has 106 valence electrons. The van der Waals surface area contributed by atoms with Gasteiger partial charge >= 0.3 is 0 Å². The summed E-state index contributed by atoms with van der Waals surface area (Å²) in [4.78, 5) is 27.1. The number of aliphatic hydroxyl groups excluding tert-OH is 1. The second-order valence-electron chi connectivity index (χ2n) is 4.34. The molecule has 0 bridgehead atoms. The topological polar surface area (TPSA) is 69.6 Å². The Balaban J connectivity index is 2.17. The van der Waals surface area contributed by atoms with Crippen LogP contribution >= 0.6 is 11.3 Å². The van der Waals surface area contributed by atoms with E-state index in [9.17, 15) is 9.59 Å². The molecular weight excluding hydrogens is 276 g/mol. The zero-order chi connectivity index (χ0) is 14.5. The van der Waals surface area contributed by atoms with Gasteiger partial charge in [0.2, 0.25) is 5.91 Å². The summed E-state index contributed by atoms with van der Waals surface area (Å²) < 4.78 is 0. The van der Waals surface area contributed by atoms with Crippen LogP contribution in [0.5, 0.6) is 0 Å². The highest BCUT2D eigenvalue weighted by Crippen LogP contribution is 2.20. The zero-order valence-electron chi connectivity index (χ0n) is 11.2. The molecule has 1 aromatic heterocycles. The van der Waals surface area contributed by atoms with Gasteiger partial charge in [-0.25, -0.2) is 0 Å². The van der Waals surface area contributed by atoms with Crippen molar-refractivity contribution in [3.63, 3.8) is 0 Å². The molecule has 6 heteroatoms. The summed E-state index contributed by atoms with van der Waals surface area (Å²) in [6.07, 6.45) is 0.597. The highest BCUT2D eigenvalue weighted by molar-refractivity contribution is 7.14. The lowest BCUT2D eigenvalue weighted by Gasteiger charge is -2.34. The number of thiophene rings is 1. The van der Waals surface area contributed by atoms with E-state index in [-0.39, 0.29) is 18.4 Å². The lowest BCUT2D eigenvalue weighted by Crippen LogP contribution is -2.56. The summed E-state index contributed by atoms with van der Waals surface area (Å²) in [5.74, 6) is 5.10. The predicted molar refractivity (Wildman–Crippen MR) is 76.4 cm³/mol. The van der Waals surface area contributed by atoms with E-state index in [0.717, 1.165) is 4.88 Å². The van der Waals surface area contributed by atoms with Crippen molar-refractivity contribution >= 4 is 23.2 Å². The van der Waals surface area contributed by atoms with E-state index in [1.54, 1.807) is 17.0 Å². The SMILES string of the molecule is CCC1C(=O)NCCN1C(=O)c1ccc(C#CCO)s1. The zero-order valence-corrected chi connectivity index (χ0v) is 12.0. The van der Waals surface area contributed by atoms with Crippen LogP contribution in [-0.2, 0) is 4.79 Å². The second-order valence-corrected chi connectivity index (χ2v) is 5.42. The molecular formula is C14H16N2O3S. The molecule has 2 N–H and O–H groups in total. The molecule has 0 aromatic carbocycles. The van der Waals surface area contributed by atoms with Crippen LogP contribution in [0.4, 0.5) is 0 Å². The second kappa shape index (κ2) is 6.55. The van der Waals surface area contributed by atoms with Gasteiger partial charge < -0.3 is 15.3 Å². The molecule has 0 aliphatic carbocycles. The summed E-state index contributed by atoms with van der Waals surface area (Å²) in [6.45, 7) is 2.70. The largest absolute Gasteiger partial charge is 0.384 e. The van der Waals surface area contributed by atoms with Crippen LogP contribution in [0, 0.1) is 11.8 Å². The van der Waals surface area contributed by atoms with Gasteiger partial charge in [0.15, 0.2) is 0 Å². The number of rotatable bonds is 2. The molecule has 1 atom stereocenters. The number of nitrogens with one attached hydrogen (secondary N) is 1. The maximum Gasteiger partial charge on any atom is 0.264 e. The first-order valence-electron chi connectivity index (χ1n) is 6.45. The average Bonchev–Trinajstić information content (AvgIpc) is 2.92. The van der Waals surface area contributed by atoms with Gasteiger partial charge in [-0.3, -0.25) is 9.59 Å².